The van der Waals surface area contributed by atoms with Crippen LogP contribution in [-0.2, 0) is 27.4 Å². The molecular formula is C21H26N2O4S. The third-order valence-corrected chi connectivity index (χ3v) is 5.54. The van der Waals surface area contributed by atoms with Crippen LogP contribution < -0.4 is 5.32 Å². The average Bonchev–Trinajstić information content (AvgIpc) is 3.40. The Morgan fingerprint density at radius 2 is 2.11 bits per heavy atom. The number of amides is 1. The highest BCUT2D eigenvalue weighted by Gasteiger charge is 2.21. The van der Waals surface area contributed by atoms with Crippen LogP contribution in [0.2, 0.25) is 0 Å². The highest BCUT2D eigenvalue weighted by Crippen LogP contribution is 2.17. The summed E-state index contributed by atoms with van der Waals surface area (Å²) in [5.41, 5.74) is 1.43. The van der Waals surface area contributed by atoms with E-state index in [1.54, 1.807) is 23.5 Å². The van der Waals surface area contributed by atoms with Gasteiger partial charge in [0.05, 0.1) is 25.3 Å². The van der Waals surface area contributed by atoms with Crippen LogP contribution >= 0.6 is 11.3 Å². The molecular weight excluding hydrogens is 376 g/mol. The van der Waals surface area contributed by atoms with Crippen LogP contribution in [0.25, 0.3) is 0 Å². The van der Waals surface area contributed by atoms with Crippen LogP contribution in [0.1, 0.15) is 33.6 Å². The second-order valence-electron chi connectivity index (χ2n) is 6.85. The maximum absolute atomic E-state index is 12.5. The van der Waals surface area contributed by atoms with Gasteiger partial charge in [-0.05, 0) is 42.0 Å². The van der Waals surface area contributed by atoms with Gasteiger partial charge in [-0.1, -0.05) is 18.2 Å². The van der Waals surface area contributed by atoms with Crippen molar-refractivity contribution in [1.82, 2.24) is 10.2 Å². The van der Waals surface area contributed by atoms with E-state index in [0.717, 1.165) is 38.1 Å². The van der Waals surface area contributed by atoms with Gasteiger partial charge in [-0.15, -0.1) is 11.3 Å². The Balaban J connectivity index is 1.51. The first-order valence-electron chi connectivity index (χ1n) is 9.44. The molecule has 2 aromatic rings. The first-order chi connectivity index (χ1) is 13.6. The van der Waals surface area contributed by atoms with Gasteiger partial charge < -0.3 is 14.8 Å². The summed E-state index contributed by atoms with van der Waals surface area (Å²) in [5.74, 6) is -0.388. The van der Waals surface area contributed by atoms with E-state index in [0.29, 0.717) is 18.7 Å². The molecule has 0 spiro atoms. The summed E-state index contributed by atoms with van der Waals surface area (Å²) < 4.78 is 10.4. The Morgan fingerprint density at radius 1 is 1.29 bits per heavy atom. The summed E-state index contributed by atoms with van der Waals surface area (Å²) in [5, 5.41) is 5.02. The van der Waals surface area contributed by atoms with Gasteiger partial charge in [0.25, 0.3) is 0 Å². The molecule has 1 amide bonds. The highest BCUT2D eigenvalue weighted by atomic mass is 32.1. The summed E-state index contributed by atoms with van der Waals surface area (Å²) >= 11 is 1.70. The lowest BCUT2D eigenvalue weighted by Crippen LogP contribution is -2.40. The molecule has 1 fully saturated rings. The van der Waals surface area contributed by atoms with E-state index in [1.165, 1.54) is 12.0 Å². The van der Waals surface area contributed by atoms with Crippen molar-refractivity contribution in [3.05, 3.63) is 57.8 Å². The fourth-order valence-corrected chi connectivity index (χ4v) is 3.97. The average molecular weight is 403 g/mol. The summed E-state index contributed by atoms with van der Waals surface area (Å²) in [6.45, 7) is 3.08. The van der Waals surface area contributed by atoms with Crippen molar-refractivity contribution in [2.75, 3.05) is 26.8 Å². The molecule has 1 aliphatic rings. The summed E-state index contributed by atoms with van der Waals surface area (Å²) in [6, 6.07) is 11.2. The second kappa shape index (κ2) is 10.4. The minimum atomic E-state index is -0.367. The molecule has 1 atom stereocenters. The molecule has 6 nitrogen and oxygen atoms in total. The molecule has 1 aliphatic heterocycles. The molecule has 0 saturated carbocycles. The van der Waals surface area contributed by atoms with E-state index in [9.17, 15) is 9.59 Å². The van der Waals surface area contributed by atoms with Crippen molar-refractivity contribution in [3.63, 3.8) is 0 Å². The first-order valence-corrected chi connectivity index (χ1v) is 10.3. The van der Waals surface area contributed by atoms with Crippen molar-refractivity contribution in [3.8, 4) is 0 Å². The van der Waals surface area contributed by atoms with Crippen molar-refractivity contribution in [2.45, 2.75) is 32.0 Å². The lowest BCUT2D eigenvalue weighted by molar-refractivity contribution is -0.122. The maximum atomic E-state index is 12.5. The molecule has 3 rings (SSSR count). The maximum Gasteiger partial charge on any atom is 0.337 e. The standard InChI is InChI=1S/C21H26N2O4S/c1-26-21(25)17-8-6-16(7-9-17)12-22-20(24)15-23(13-18-4-2-10-27-18)14-19-5-3-11-28-19/h3,5-9,11,18H,2,4,10,12-15H2,1H3,(H,22,24)/t18-/m1/s1. The number of nitrogens with one attached hydrogen (secondary N) is 1. The molecule has 0 radical (unpaired) electrons. The van der Waals surface area contributed by atoms with Gasteiger partial charge in [0.1, 0.15) is 0 Å². The zero-order valence-electron chi connectivity index (χ0n) is 16.1. The Bertz CT molecular complexity index is 755. The quantitative estimate of drug-likeness (QED) is 0.654. The van der Waals surface area contributed by atoms with Gasteiger partial charge in [-0.3, -0.25) is 9.69 Å². The van der Waals surface area contributed by atoms with Crippen molar-refractivity contribution in [2.24, 2.45) is 0 Å². The number of hydrogen-bond donors (Lipinski definition) is 1. The molecule has 1 N–H and O–H groups in total. The molecule has 1 saturated heterocycles. The number of thiophene rings is 1. The van der Waals surface area contributed by atoms with E-state index in [-0.39, 0.29) is 18.0 Å². The largest absolute Gasteiger partial charge is 0.465 e. The number of carbonyl (C=O) groups is 2. The molecule has 150 valence electrons. The topological polar surface area (TPSA) is 67.9 Å². The van der Waals surface area contributed by atoms with E-state index in [4.69, 9.17) is 9.47 Å². The third-order valence-electron chi connectivity index (χ3n) is 4.68. The Morgan fingerprint density at radius 3 is 2.75 bits per heavy atom. The van der Waals surface area contributed by atoms with E-state index >= 15 is 0 Å². The minimum absolute atomic E-state index is 0.0217. The van der Waals surface area contributed by atoms with Crippen molar-refractivity contribution >= 4 is 23.2 Å². The van der Waals surface area contributed by atoms with Gasteiger partial charge in [0, 0.05) is 31.1 Å². The molecule has 2 heterocycles. The molecule has 1 aromatic carbocycles. The molecule has 0 bridgehead atoms. The lowest BCUT2D eigenvalue weighted by atomic mass is 10.1. The Kier molecular flexibility index (Phi) is 7.59. The predicted molar refractivity (Wildman–Crippen MR) is 108 cm³/mol. The van der Waals surface area contributed by atoms with Crippen LogP contribution in [0.4, 0.5) is 0 Å². The number of carbonyl (C=O) groups excluding carboxylic acids is 2. The SMILES string of the molecule is COC(=O)c1ccc(CNC(=O)CN(Cc2cccs2)C[C@H]2CCCO2)cc1. The second-order valence-corrected chi connectivity index (χ2v) is 7.88. The summed E-state index contributed by atoms with van der Waals surface area (Å²) in [7, 11) is 1.36. The van der Waals surface area contributed by atoms with E-state index in [2.05, 4.69) is 21.7 Å². The molecule has 1 aromatic heterocycles. The normalized spacial score (nSPS) is 16.3. The van der Waals surface area contributed by atoms with Crippen LogP contribution in [0, 0.1) is 0 Å². The van der Waals surface area contributed by atoms with Gasteiger partial charge in [-0.2, -0.15) is 0 Å². The van der Waals surface area contributed by atoms with Crippen LogP contribution in [0.3, 0.4) is 0 Å². The number of rotatable bonds is 9. The number of hydrogen-bond acceptors (Lipinski definition) is 6. The number of ether oxygens (including phenoxy) is 2. The lowest BCUT2D eigenvalue weighted by Gasteiger charge is -2.24. The van der Waals surface area contributed by atoms with E-state index < -0.39 is 0 Å². The fraction of sp³-hybridized carbons (Fsp3) is 0.429. The zero-order valence-corrected chi connectivity index (χ0v) is 16.9. The monoisotopic (exact) mass is 402 g/mol. The van der Waals surface area contributed by atoms with Crippen molar-refractivity contribution in [1.29, 1.82) is 0 Å². The zero-order chi connectivity index (χ0) is 19.8. The highest BCUT2D eigenvalue weighted by molar-refractivity contribution is 7.09. The van der Waals surface area contributed by atoms with Crippen LogP contribution in [0.5, 0.6) is 0 Å². The minimum Gasteiger partial charge on any atom is -0.465 e. The molecule has 7 heteroatoms. The van der Waals surface area contributed by atoms with Crippen LogP contribution in [0.15, 0.2) is 41.8 Å². The van der Waals surface area contributed by atoms with Gasteiger partial charge in [0.2, 0.25) is 5.91 Å². The third kappa shape index (κ3) is 6.15. The van der Waals surface area contributed by atoms with Crippen molar-refractivity contribution < 1.29 is 19.1 Å². The smallest absolute Gasteiger partial charge is 0.337 e. The van der Waals surface area contributed by atoms with Gasteiger partial charge in [0.15, 0.2) is 0 Å². The van der Waals surface area contributed by atoms with Gasteiger partial charge >= 0.3 is 5.97 Å². The number of benzene rings is 1. The van der Waals surface area contributed by atoms with Crippen LogP contribution in [-0.4, -0.2) is 49.7 Å². The first kappa shape index (κ1) is 20.5. The Hall–Kier alpha value is -2.22. The predicted octanol–water partition coefficient (Wildman–Crippen LogP) is 2.83. The molecule has 0 unspecified atom stereocenters. The Labute approximate surface area is 169 Å². The summed E-state index contributed by atoms with van der Waals surface area (Å²) in [6.07, 6.45) is 2.35. The number of methoxy groups -OCH3 is 1. The fourth-order valence-electron chi connectivity index (χ4n) is 3.22. The van der Waals surface area contributed by atoms with E-state index in [1.807, 2.05) is 18.2 Å². The van der Waals surface area contributed by atoms with Gasteiger partial charge in [-0.25, -0.2) is 4.79 Å². The summed E-state index contributed by atoms with van der Waals surface area (Å²) in [4.78, 5) is 27.4. The number of nitrogens with zero attached hydrogens (tertiary/aromatic N) is 1. The molecule has 28 heavy (non-hydrogen) atoms. The number of esters is 1. The molecule has 0 aliphatic carbocycles.